The molecule has 3 heteroatoms. The van der Waals surface area contributed by atoms with Crippen LogP contribution in [0.2, 0.25) is 0 Å². The number of rotatable bonds is 3. The maximum Gasteiger partial charge on any atom is 0.304 e. The second kappa shape index (κ2) is 3.15. The number of aromatic nitrogens is 1. The number of nitrogens with zero attached hydrogens (tertiary/aromatic N) is 1. The lowest BCUT2D eigenvalue weighted by Crippen LogP contribution is -2.38. The molecule has 1 saturated carbocycles. The maximum atomic E-state index is 10.8. The molecule has 1 aliphatic rings. The molecule has 1 N–H and O–H groups in total. The standard InChI is InChI=1S/C11H15NO2/c1-12-7-2-4-9(12)11(5-3-6-11)8-10(13)14/h2,4,7H,3,5-6,8H2,1H3,(H,13,14). The van der Waals surface area contributed by atoms with Gasteiger partial charge in [0, 0.05) is 24.4 Å². The first-order valence-corrected chi connectivity index (χ1v) is 4.98. The number of carboxylic acid groups (broad SMARTS) is 1. The molecule has 1 aromatic rings. The van der Waals surface area contributed by atoms with E-state index in [1.165, 1.54) is 5.69 Å². The normalized spacial score (nSPS) is 18.9. The summed E-state index contributed by atoms with van der Waals surface area (Å²) in [4.78, 5) is 10.8. The Bertz CT molecular complexity index is 350. The summed E-state index contributed by atoms with van der Waals surface area (Å²) in [7, 11) is 1.98. The smallest absolute Gasteiger partial charge is 0.304 e. The van der Waals surface area contributed by atoms with Crippen LogP contribution in [0, 0.1) is 0 Å². The third-order valence-electron chi connectivity index (χ3n) is 3.29. The third-order valence-corrected chi connectivity index (χ3v) is 3.29. The predicted octanol–water partition coefficient (Wildman–Crippen LogP) is 1.92. The molecular weight excluding hydrogens is 178 g/mol. The molecule has 0 atom stereocenters. The van der Waals surface area contributed by atoms with E-state index in [1.807, 2.05) is 29.9 Å². The predicted molar refractivity (Wildman–Crippen MR) is 53.2 cm³/mol. The molecule has 0 saturated heterocycles. The van der Waals surface area contributed by atoms with Gasteiger partial charge in [0.15, 0.2) is 0 Å². The van der Waals surface area contributed by atoms with Crippen molar-refractivity contribution in [3.8, 4) is 0 Å². The Morgan fingerprint density at radius 2 is 2.36 bits per heavy atom. The summed E-state index contributed by atoms with van der Waals surface area (Å²) in [6.45, 7) is 0. The molecule has 14 heavy (non-hydrogen) atoms. The Labute approximate surface area is 83.4 Å². The molecule has 1 heterocycles. The van der Waals surface area contributed by atoms with E-state index >= 15 is 0 Å². The molecular formula is C11H15NO2. The van der Waals surface area contributed by atoms with Gasteiger partial charge in [0.1, 0.15) is 0 Å². The van der Waals surface area contributed by atoms with Crippen LogP contribution in [0.1, 0.15) is 31.4 Å². The zero-order chi connectivity index (χ0) is 10.2. The van der Waals surface area contributed by atoms with Crippen molar-refractivity contribution >= 4 is 5.97 Å². The molecule has 0 amide bonds. The summed E-state index contributed by atoms with van der Waals surface area (Å²) in [6.07, 6.45) is 5.43. The van der Waals surface area contributed by atoms with Crippen LogP contribution in [-0.2, 0) is 17.3 Å². The molecule has 0 aromatic carbocycles. The van der Waals surface area contributed by atoms with Gasteiger partial charge in [0.25, 0.3) is 0 Å². The summed E-state index contributed by atoms with van der Waals surface area (Å²) in [5, 5.41) is 8.89. The van der Waals surface area contributed by atoms with E-state index in [0.717, 1.165) is 19.3 Å². The summed E-state index contributed by atoms with van der Waals surface area (Å²) in [5.41, 5.74) is 1.09. The largest absolute Gasteiger partial charge is 0.481 e. The van der Waals surface area contributed by atoms with Gasteiger partial charge >= 0.3 is 5.97 Å². The molecule has 76 valence electrons. The molecule has 1 aromatic heterocycles. The van der Waals surface area contributed by atoms with Gasteiger partial charge < -0.3 is 9.67 Å². The lowest BCUT2D eigenvalue weighted by atomic mass is 9.64. The van der Waals surface area contributed by atoms with Crippen molar-refractivity contribution in [2.75, 3.05) is 0 Å². The van der Waals surface area contributed by atoms with E-state index in [1.54, 1.807) is 0 Å². The van der Waals surface area contributed by atoms with Crippen molar-refractivity contribution in [1.29, 1.82) is 0 Å². The van der Waals surface area contributed by atoms with E-state index < -0.39 is 5.97 Å². The highest BCUT2D eigenvalue weighted by Gasteiger charge is 2.41. The van der Waals surface area contributed by atoms with Crippen LogP contribution in [0.15, 0.2) is 18.3 Å². The fourth-order valence-electron chi connectivity index (χ4n) is 2.43. The van der Waals surface area contributed by atoms with Gasteiger partial charge in [-0.3, -0.25) is 4.79 Å². The molecule has 0 aliphatic heterocycles. The lowest BCUT2D eigenvalue weighted by molar-refractivity contribution is -0.139. The average Bonchev–Trinajstić information content (AvgIpc) is 2.44. The number of carbonyl (C=O) groups is 1. The SMILES string of the molecule is Cn1cccc1C1(CC(=O)O)CCC1. The van der Waals surface area contributed by atoms with Crippen LogP contribution in [0.3, 0.4) is 0 Å². The van der Waals surface area contributed by atoms with Crippen molar-refractivity contribution < 1.29 is 9.90 Å². The molecule has 0 radical (unpaired) electrons. The van der Waals surface area contributed by atoms with E-state index in [0.29, 0.717) is 0 Å². The average molecular weight is 193 g/mol. The molecule has 1 aliphatic carbocycles. The van der Waals surface area contributed by atoms with Gasteiger partial charge in [0.2, 0.25) is 0 Å². The van der Waals surface area contributed by atoms with Crippen molar-refractivity contribution in [1.82, 2.24) is 4.57 Å². The first kappa shape index (κ1) is 9.31. The minimum atomic E-state index is -0.689. The maximum absolute atomic E-state index is 10.8. The van der Waals surface area contributed by atoms with Crippen LogP contribution >= 0.6 is 0 Å². The second-order valence-electron chi connectivity index (χ2n) is 4.21. The molecule has 0 bridgehead atoms. The first-order chi connectivity index (χ1) is 6.64. The van der Waals surface area contributed by atoms with Crippen molar-refractivity contribution in [2.45, 2.75) is 31.1 Å². The van der Waals surface area contributed by atoms with Crippen LogP contribution in [0.4, 0.5) is 0 Å². The van der Waals surface area contributed by atoms with E-state index in [-0.39, 0.29) is 11.8 Å². The number of hydrogen-bond donors (Lipinski definition) is 1. The Hall–Kier alpha value is -1.25. The van der Waals surface area contributed by atoms with Gasteiger partial charge in [-0.2, -0.15) is 0 Å². The number of carboxylic acids is 1. The van der Waals surface area contributed by atoms with Gasteiger partial charge in [-0.1, -0.05) is 6.42 Å². The topological polar surface area (TPSA) is 42.2 Å². The monoisotopic (exact) mass is 193 g/mol. The van der Waals surface area contributed by atoms with Gasteiger partial charge in [-0.05, 0) is 25.0 Å². The highest BCUT2D eigenvalue weighted by Crippen LogP contribution is 2.46. The minimum Gasteiger partial charge on any atom is -0.481 e. The van der Waals surface area contributed by atoms with Crippen LogP contribution in [0.5, 0.6) is 0 Å². The summed E-state index contributed by atoms with van der Waals surface area (Å²) in [6, 6.07) is 4.03. The van der Waals surface area contributed by atoms with E-state index in [4.69, 9.17) is 5.11 Å². The fourth-order valence-corrected chi connectivity index (χ4v) is 2.43. The number of aryl methyl sites for hydroxylation is 1. The Balaban J connectivity index is 2.29. The number of aliphatic carboxylic acids is 1. The second-order valence-corrected chi connectivity index (χ2v) is 4.21. The minimum absolute atomic E-state index is 0.0793. The molecule has 0 spiro atoms. The van der Waals surface area contributed by atoms with Crippen molar-refractivity contribution in [3.05, 3.63) is 24.0 Å². The van der Waals surface area contributed by atoms with Crippen molar-refractivity contribution in [2.24, 2.45) is 7.05 Å². The van der Waals surface area contributed by atoms with Crippen LogP contribution in [0.25, 0.3) is 0 Å². The lowest BCUT2D eigenvalue weighted by Gasteiger charge is -2.41. The van der Waals surface area contributed by atoms with Gasteiger partial charge in [0.05, 0.1) is 6.42 Å². The summed E-state index contributed by atoms with van der Waals surface area (Å²) >= 11 is 0. The zero-order valence-electron chi connectivity index (χ0n) is 8.36. The molecule has 0 unspecified atom stereocenters. The van der Waals surface area contributed by atoms with Gasteiger partial charge in [-0.15, -0.1) is 0 Å². The highest BCUT2D eigenvalue weighted by atomic mass is 16.4. The van der Waals surface area contributed by atoms with E-state index in [2.05, 4.69) is 0 Å². The van der Waals surface area contributed by atoms with Crippen molar-refractivity contribution in [3.63, 3.8) is 0 Å². The Morgan fingerprint density at radius 3 is 2.71 bits per heavy atom. The summed E-state index contributed by atoms with van der Waals surface area (Å²) < 4.78 is 2.04. The fraction of sp³-hybridized carbons (Fsp3) is 0.545. The highest BCUT2D eigenvalue weighted by molar-refractivity contribution is 5.69. The first-order valence-electron chi connectivity index (χ1n) is 4.98. The summed E-state index contributed by atoms with van der Waals surface area (Å²) in [5.74, 6) is -0.689. The quantitative estimate of drug-likeness (QED) is 0.796. The van der Waals surface area contributed by atoms with Crippen LogP contribution < -0.4 is 0 Å². The third kappa shape index (κ3) is 1.33. The van der Waals surface area contributed by atoms with Gasteiger partial charge in [-0.25, -0.2) is 0 Å². The molecule has 2 rings (SSSR count). The molecule has 3 nitrogen and oxygen atoms in total. The molecule has 1 fully saturated rings. The Morgan fingerprint density at radius 1 is 1.64 bits per heavy atom. The zero-order valence-corrected chi connectivity index (χ0v) is 8.36. The Kier molecular flexibility index (Phi) is 2.10. The van der Waals surface area contributed by atoms with Crippen LogP contribution in [-0.4, -0.2) is 15.6 Å². The van der Waals surface area contributed by atoms with E-state index in [9.17, 15) is 4.79 Å². The number of hydrogen-bond acceptors (Lipinski definition) is 1.